The number of hydrogen-bond acceptors (Lipinski definition) is 8. The molecule has 0 aliphatic heterocycles. The second-order valence-corrected chi connectivity index (χ2v) is 6.21. The smallest absolute Gasteiger partial charge is 0.352 e. The van der Waals surface area contributed by atoms with Gasteiger partial charge in [0.25, 0.3) is 11.4 Å². The molecule has 0 amide bonds. The van der Waals surface area contributed by atoms with Crippen LogP contribution in [0.25, 0.3) is 0 Å². The maximum atomic E-state index is 11.6. The van der Waals surface area contributed by atoms with Crippen molar-refractivity contribution in [1.29, 1.82) is 0 Å². The van der Waals surface area contributed by atoms with Gasteiger partial charge in [0, 0.05) is 12.1 Å². The Hall–Kier alpha value is -4.54. The van der Waals surface area contributed by atoms with Crippen LogP contribution in [0, 0.1) is 30.3 Å². The van der Waals surface area contributed by atoms with Gasteiger partial charge in [0.05, 0.1) is 25.9 Å². The van der Waals surface area contributed by atoms with E-state index in [0.717, 1.165) is 0 Å². The van der Waals surface area contributed by atoms with E-state index < -0.39 is 20.5 Å². The number of nitro benzene ring substituents is 3. The summed E-state index contributed by atoms with van der Waals surface area (Å²) in [6.45, 7) is -0.544. The Labute approximate surface area is 174 Å². The molecule has 0 heterocycles. The van der Waals surface area contributed by atoms with E-state index in [-0.39, 0.29) is 47.2 Å². The van der Waals surface area contributed by atoms with E-state index in [1.165, 1.54) is 54.6 Å². The topological polar surface area (TPSA) is 148 Å². The first-order valence-corrected chi connectivity index (χ1v) is 8.86. The van der Waals surface area contributed by atoms with E-state index in [1.54, 1.807) is 12.1 Å². The average Bonchev–Trinajstić information content (AvgIpc) is 2.76. The fourth-order valence-corrected chi connectivity index (χ4v) is 2.85. The molecule has 11 nitrogen and oxygen atoms in total. The first kappa shape index (κ1) is 21.2. The third-order valence-electron chi connectivity index (χ3n) is 4.29. The molecule has 0 unspecified atom stereocenters. The van der Waals surface area contributed by atoms with Crippen molar-refractivity contribution in [2.45, 2.75) is 13.2 Å². The standard InChI is InChI=1S/C20H15N3O8/c24-21(25)16-8-3-1-6-14(16)12-30-18-10-5-11-19(20(18)23(28)29)31-13-15-7-2-4-9-17(15)22(26)27/h1-11H,12-13H2. The van der Waals surface area contributed by atoms with Gasteiger partial charge >= 0.3 is 5.69 Å². The summed E-state index contributed by atoms with van der Waals surface area (Å²) in [6, 6.07) is 15.9. The third kappa shape index (κ3) is 4.90. The zero-order chi connectivity index (χ0) is 22.4. The van der Waals surface area contributed by atoms with Crippen LogP contribution in [0.5, 0.6) is 11.5 Å². The Balaban J connectivity index is 1.85. The van der Waals surface area contributed by atoms with Gasteiger partial charge in [0.15, 0.2) is 0 Å². The monoisotopic (exact) mass is 425 g/mol. The lowest BCUT2D eigenvalue weighted by Crippen LogP contribution is -2.05. The summed E-state index contributed by atoms with van der Waals surface area (Å²) in [7, 11) is 0. The maximum Gasteiger partial charge on any atom is 0.352 e. The molecule has 11 heteroatoms. The summed E-state index contributed by atoms with van der Waals surface area (Å²) in [5, 5.41) is 33.9. The molecule has 0 radical (unpaired) electrons. The molecule has 0 aromatic heterocycles. The molecule has 3 aromatic rings. The molecule has 0 N–H and O–H groups in total. The quantitative estimate of drug-likeness (QED) is 0.357. The average molecular weight is 425 g/mol. The number of para-hydroxylation sites is 3. The van der Waals surface area contributed by atoms with E-state index in [2.05, 4.69) is 0 Å². The van der Waals surface area contributed by atoms with Gasteiger partial charge < -0.3 is 9.47 Å². The van der Waals surface area contributed by atoms with Crippen molar-refractivity contribution in [1.82, 2.24) is 0 Å². The van der Waals surface area contributed by atoms with Gasteiger partial charge in [-0.1, -0.05) is 30.3 Å². The van der Waals surface area contributed by atoms with E-state index in [1.807, 2.05) is 0 Å². The van der Waals surface area contributed by atoms with Crippen LogP contribution in [0.2, 0.25) is 0 Å². The van der Waals surface area contributed by atoms with Crippen LogP contribution in [0.1, 0.15) is 11.1 Å². The predicted molar refractivity (Wildman–Crippen MR) is 108 cm³/mol. The Morgan fingerprint density at radius 2 is 1.00 bits per heavy atom. The second-order valence-electron chi connectivity index (χ2n) is 6.21. The van der Waals surface area contributed by atoms with Gasteiger partial charge in [-0.3, -0.25) is 30.3 Å². The van der Waals surface area contributed by atoms with Crippen molar-refractivity contribution in [2.24, 2.45) is 0 Å². The highest BCUT2D eigenvalue weighted by atomic mass is 16.6. The number of nitrogens with zero attached hydrogens (tertiary/aromatic N) is 3. The summed E-state index contributed by atoms with van der Waals surface area (Å²) in [5.74, 6) is -0.300. The molecule has 0 saturated carbocycles. The molecule has 0 saturated heterocycles. The largest absolute Gasteiger partial charge is 0.482 e. The van der Waals surface area contributed by atoms with Gasteiger partial charge in [-0.2, -0.15) is 0 Å². The maximum absolute atomic E-state index is 11.6. The van der Waals surface area contributed by atoms with E-state index in [9.17, 15) is 30.3 Å². The van der Waals surface area contributed by atoms with E-state index in [4.69, 9.17) is 9.47 Å². The van der Waals surface area contributed by atoms with Crippen molar-refractivity contribution < 1.29 is 24.2 Å². The molecule has 3 aromatic carbocycles. The molecule has 0 fully saturated rings. The number of ether oxygens (including phenoxy) is 2. The zero-order valence-electron chi connectivity index (χ0n) is 15.9. The van der Waals surface area contributed by atoms with Crippen LogP contribution in [-0.4, -0.2) is 14.8 Å². The Bertz CT molecular complexity index is 1070. The molecule has 0 bridgehead atoms. The normalized spacial score (nSPS) is 10.3. The summed E-state index contributed by atoms with van der Waals surface area (Å²) >= 11 is 0. The SMILES string of the molecule is O=[N+]([O-])c1ccccc1COc1cccc(OCc2ccccc2[N+](=O)[O-])c1[N+](=O)[O-]. The minimum absolute atomic E-state index is 0.150. The molecule has 0 atom stereocenters. The van der Waals surface area contributed by atoms with Gasteiger partial charge in [-0.15, -0.1) is 0 Å². The van der Waals surface area contributed by atoms with Crippen molar-refractivity contribution in [3.8, 4) is 11.5 Å². The summed E-state index contributed by atoms with van der Waals surface area (Å²) < 4.78 is 11.0. The first-order valence-electron chi connectivity index (χ1n) is 8.86. The van der Waals surface area contributed by atoms with Crippen LogP contribution < -0.4 is 9.47 Å². The number of benzene rings is 3. The molecular weight excluding hydrogens is 410 g/mol. The fourth-order valence-electron chi connectivity index (χ4n) is 2.85. The highest BCUT2D eigenvalue weighted by Crippen LogP contribution is 2.38. The van der Waals surface area contributed by atoms with Crippen LogP contribution >= 0.6 is 0 Å². The molecule has 158 valence electrons. The predicted octanol–water partition coefficient (Wildman–Crippen LogP) is 4.57. The van der Waals surface area contributed by atoms with Crippen molar-refractivity contribution in [3.05, 3.63) is 108 Å². The van der Waals surface area contributed by atoms with Crippen molar-refractivity contribution in [3.63, 3.8) is 0 Å². The minimum Gasteiger partial charge on any atom is -0.482 e. The number of hydrogen-bond donors (Lipinski definition) is 0. The molecular formula is C20H15N3O8. The first-order chi connectivity index (χ1) is 14.9. The third-order valence-corrected chi connectivity index (χ3v) is 4.29. The van der Waals surface area contributed by atoms with E-state index >= 15 is 0 Å². The molecule has 3 rings (SSSR count). The lowest BCUT2D eigenvalue weighted by Gasteiger charge is -2.11. The molecule has 0 aliphatic rings. The molecule has 31 heavy (non-hydrogen) atoms. The van der Waals surface area contributed by atoms with E-state index in [0.29, 0.717) is 0 Å². The Morgan fingerprint density at radius 1 is 0.581 bits per heavy atom. The van der Waals surface area contributed by atoms with Gasteiger partial charge in [-0.25, -0.2) is 0 Å². The van der Waals surface area contributed by atoms with Crippen LogP contribution in [-0.2, 0) is 13.2 Å². The Kier molecular flexibility index (Phi) is 6.36. The summed E-state index contributed by atoms with van der Waals surface area (Å²) in [4.78, 5) is 32.1. The Morgan fingerprint density at radius 3 is 1.39 bits per heavy atom. The zero-order valence-corrected chi connectivity index (χ0v) is 15.9. The highest BCUT2D eigenvalue weighted by Gasteiger charge is 2.24. The van der Waals surface area contributed by atoms with Crippen LogP contribution in [0.3, 0.4) is 0 Å². The van der Waals surface area contributed by atoms with Crippen LogP contribution in [0.4, 0.5) is 17.1 Å². The van der Waals surface area contributed by atoms with Crippen molar-refractivity contribution in [2.75, 3.05) is 0 Å². The fraction of sp³-hybridized carbons (Fsp3) is 0.100. The number of nitro groups is 3. The highest BCUT2D eigenvalue weighted by molar-refractivity contribution is 5.57. The number of rotatable bonds is 9. The second kappa shape index (κ2) is 9.31. The minimum atomic E-state index is -0.705. The van der Waals surface area contributed by atoms with Gasteiger partial charge in [0.1, 0.15) is 13.2 Å². The van der Waals surface area contributed by atoms with Crippen molar-refractivity contribution >= 4 is 17.1 Å². The molecule has 0 aliphatic carbocycles. The van der Waals surface area contributed by atoms with Gasteiger partial charge in [-0.05, 0) is 24.3 Å². The summed E-state index contributed by atoms with van der Waals surface area (Å²) in [6.07, 6.45) is 0. The lowest BCUT2D eigenvalue weighted by atomic mass is 10.2. The molecule has 0 spiro atoms. The van der Waals surface area contributed by atoms with Crippen LogP contribution in [0.15, 0.2) is 66.7 Å². The summed E-state index contributed by atoms with van der Waals surface area (Å²) in [5.41, 5.74) is -0.344. The lowest BCUT2D eigenvalue weighted by molar-refractivity contribution is -0.388. The van der Waals surface area contributed by atoms with Gasteiger partial charge in [0.2, 0.25) is 11.5 Å².